The summed E-state index contributed by atoms with van der Waals surface area (Å²) in [5.41, 5.74) is 7.56. The Morgan fingerprint density at radius 1 is 0.750 bits per heavy atom. The number of hydrogen-bond donors (Lipinski definition) is 0. The van der Waals surface area contributed by atoms with Crippen LogP contribution in [0.2, 0.25) is 0 Å². The van der Waals surface area contributed by atoms with E-state index < -0.39 is 0 Å². The quantitative estimate of drug-likeness (QED) is 0.451. The lowest BCUT2D eigenvalue weighted by molar-refractivity contribution is 1.01. The molecule has 0 amide bonds. The SMILES string of the molecule is [B]c1ccc(-c2ccc(-c3nc4ccccc4n3C3=CCCC=C3)cc2)cc1. The molecule has 2 radical (unpaired) electrons. The molecule has 0 unspecified atom stereocenters. The minimum Gasteiger partial charge on any atom is -0.293 e. The Kier molecular flexibility index (Phi) is 4.21. The molecule has 4 aromatic rings. The van der Waals surface area contributed by atoms with Gasteiger partial charge in [-0.15, -0.1) is 0 Å². The van der Waals surface area contributed by atoms with Crippen molar-refractivity contribution in [2.45, 2.75) is 12.8 Å². The summed E-state index contributed by atoms with van der Waals surface area (Å²) in [6, 6.07) is 24.9. The molecule has 3 aromatic carbocycles. The smallest absolute Gasteiger partial charge is 0.145 e. The molecule has 0 bridgehead atoms. The molecule has 132 valence electrons. The predicted octanol–water partition coefficient (Wildman–Crippen LogP) is 5.36. The monoisotopic (exact) mass is 358 g/mol. The van der Waals surface area contributed by atoms with E-state index >= 15 is 0 Å². The van der Waals surface area contributed by atoms with Crippen LogP contribution < -0.4 is 5.46 Å². The zero-order valence-electron chi connectivity index (χ0n) is 15.5. The van der Waals surface area contributed by atoms with Gasteiger partial charge in [0.15, 0.2) is 0 Å². The molecular formula is C25H19BN2. The number of allylic oxidation sites excluding steroid dienone is 4. The van der Waals surface area contributed by atoms with Crippen LogP contribution in [0.4, 0.5) is 0 Å². The zero-order chi connectivity index (χ0) is 18.9. The van der Waals surface area contributed by atoms with Gasteiger partial charge in [-0.25, -0.2) is 4.98 Å². The van der Waals surface area contributed by atoms with E-state index in [1.807, 2.05) is 18.2 Å². The van der Waals surface area contributed by atoms with E-state index in [1.165, 1.54) is 11.3 Å². The minimum absolute atomic E-state index is 0.780. The molecule has 0 fully saturated rings. The Morgan fingerprint density at radius 3 is 2.14 bits per heavy atom. The van der Waals surface area contributed by atoms with Crippen LogP contribution in [-0.2, 0) is 0 Å². The van der Waals surface area contributed by atoms with Gasteiger partial charge in [0.1, 0.15) is 13.7 Å². The maximum absolute atomic E-state index is 5.81. The van der Waals surface area contributed by atoms with E-state index in [0.29, 0.717) is 0 Å². The summed E-state index contributed by atoms with van der Waals surface area (Å²) in [6.07, 6.45) is 8.89. The molecule has 1 aromatic heterocycles. The second kappa shape index (κ2) is 7.01. The van der Waals surface area contributed by atoms with Crippen LogP contribution in [0.5, 0.6) is 0 Å². The van der Waals surface area contributed by atoms with Gasteiger partial charge in [-0.3, -0.25) is 4.57 Å². The van der Waals surface area contributed by atoms with Crippen molar-refractivity contribution in [3.63, 3.8) is 0 Å². The first-order chi connectivity index (χ1) is 13.8. The summed E-state index contributed by atoms with van der Waals surface area (Å²) in [6.45, 7) is 0. The lowest BCUT2D eigenvalue weighted by Gasteiger charge is -2.13. The van der Waals surface area contributed by atoms with Crippen LogP contribution in [0.1, 0.15) is 12.8 Å². The normalized spacial score (nSPS) is 13.6. The highest BCUT2D eigenvalue weighted by atomic mass is 15.1. The molecule has 28 heavy (non-hydrogen) atoms. The summed E-state index contributed by atoms with van der Waals surface area (Å²) in [4.78, 5) is 4.94. The minimum atomic E-state index is 0.780. The first-order valence-electron chi connectivity index (χ1n) is 9.60. The fraction of sp³-hybridized carbons (Fsp3) is 0.0800. The number of fused-ring (bicyclic) bond motifs is 1. The van der Waals surface area contributed by atoms with E-state index in [0.717, 1.165) is 46.3 Å². The molecule has 1 heterocycles. The molecule has 0 aliphatic heterocycles. The molecule has 3 heteroatoms. The Morgan fingerprint density at radius 2 is 1.43 bits per heavy atom. The van der Waals surface area contributed by atoms with Gasteiger partial charge in [-0.05, 0) is 42.2 Å². The summed E-state index contributed by atoms with van der Waals surface area (Å²) < 4.78 is 2.27. The van der Waals surface area contributed by atoms with E-state index in [9.17, 15) is 0 Å². The van der Waals surface area contributed by atoms with Gasteiger partial charge in [-0.2, -0.15) is 0 Å². The van der Waals surface area contributed by atoms with Crippen molar-refractivity contribution in [1.29, 1.82) is 0 Å². The van der Waals surface area contributed by atoms with Crippen molar-refractivity contribution in [2.24, 2.45) is 0 Å². The highest BCUT2D eigenvalue weighted by Gasteiger charge is 2.15. The topological polar surface area (TPSA) is 17.8 Å². The van der Waals surface area contributed by atoms with Crippen LogP contribution in [0, 0.1) is 0 Å². The molecule has 2 nitrogen and oxygen atoms in total. The van der Waals surface area contributed by atoms with Gasteiger partial charge in [0.25, 0.3) is 0 Å². The van der Waals surface area contributed by atoms with E-state index in [-0.39, 0.29) is 0 Å². The number of rotatable bonds is 3. The summed E-state index contributed by atoms with van der Waals surface area (Å²) in [7, 11) is 5.81. The summed E-state index contributed by atoms with van der Waals surface area (Å²) >= 11 is 0. The number of aromatic nitrogens is 2. The van der Waals surface area contributed by atoms with Gasteiger partial charge in [-0.1, -0.05) is 78.3 Å². The fourth-order valence-electron chi connectivity index (χ4n) is 3.73. The highest BCUT2D eigenvalue weighted by molar-refractivity contribution is 6.32. The predicted molar refractivity (Wildman–Crippen MR) is 119 cm³/mol. The third-order valence-electron chi connectivity index (χ3n) is 5.18. The van der Waals surface area contributed by atoms with Crippen LogP contribution in [0.3, 0.4) is 0 Å². The lowest BCUT2D eigenvalue weighted by Crippen LogP contribution is -2.00. The fourth-order valence-corrected chi connectivity index (χ4v) is 3.73. The molecule has 5 rings (SSSR count). The highest BCUT2D eigenvalue weighted by Crippen LogP contribution is 2.31. The van der Waals surface area contributed by atoms with Crippen molar-refractivity contribution in [2.75, 3.05) is 0 Å². The number of benzene rings is 3. The zero-order valence-corrected chi connectivity index (χ0v) is 15.5. The molecule has 0 saturated heterocycles. The third kappa shape index (κ3) is 2.99. The first kappa shape index (κ1) is 16.8. The molecule has 0 saturated carbocycles. The number of hydrogen-bond acceptors (Lipinski definition) is 1. The van der Waals surface area contributed by atoms with Crippen molar-refractivity contribution in [1.82, 2.24) is 9.55 Å². The number of para-hydroxylation sites is 2. The molecule has 1 aliphatic carbocycles. The van der Waals surface area contributed by atoms with E-state index in [4.69, 9.17) is 12.8 Å². The average molecular weight is 358 g/mol. The van der Waals surface area contributed by atoms with E-state index in [1.54, 1.807) is 0 Å². The molecule has 0 N–H and O–H groups in total. The van der Waals surface area contributed by atoms with Gasteiger partial charge in [0.2, 0.25) is 0 Å². The molecule has 1 aliphatic rings. The van der Waals surface area contributed by atoms with Crippen molar-refractivity contribution < 1.29 is 0 Å². The molecular weight excluding hydrogens is 339 g/mol. The Bertz CT molecular complexity index is 1200. The third-order valence-corrected chi connectivity index (χ3v) is 5.18. The Hall–Kier alpha value is -3.33. The van der Waals surface area contributed by atoms with Crippen LogP contribution in [-0.4, -0.2) is 17.4 Å². The van der Waals surface area contributed by atoms with Crippen LogP contribution >= 0.6 is 0 Å². The first-order valence-corrected chi connectivity index (χ1v) is 9.60. The standard InChI is InChI=1S/C25H19BN2/c26-21-16-14-19(15-17-21)18-10-12-20(13-11-18)25-27-23-8-4-5-9-24(23)28(25)22-6-2-1-3-7-22/h2,4-17H,1,3H2. The van der Waals surface area contributed by atoms with Gasteiger partial charge in [0, 0.05) is 11.3 Å². The second-order valence-corrected chi connectivity index (χ2v) is 7.07. The maximum atomic E-state index is 5.81. The molecule has 0 atom stereocenters. The summed E-state index contributed by atoms with van der Waals surface area (Å²) in [5.74, 6) is 0.975. The largest absolute Gasteiger partial charge is 0.293 e. The van der Waals surface area contributed by atoms with Crippen molar-refractivity contribution in [3.8, 4) is 22.5 Å². The van der Waals surface area contributed by atoms with Gasteiger partial charge in [0.05, 0.1) is 11.0 Å². The second-order valence-electron chi connectivity index (χ2n) is 7.07. The maximum Gasteiger partial charge on any atom is 0.145 e. The average Bonchev–Trinajstić information content (AvgIpc) is 3.15. The lowest BCUT2D eigenvalue weighted by atomic mass is 9.93. The summed E-state index contributed by atoms with van der Waals surface area (Å²) in [5, 5.41) is 0. The molecule has 0 spiro atoms. The van der Waals surface area contributed by atoms with Crippen LogP contribution in [0.15, 0.2) is 91.0 Å². The van der Waals surface area contributed by atoms with Gasteiger partial charge >= 0.3 is 0 Å². The Balaban J connectivity index is 1.62. The van der Waals surface area contributed by atoms with Crippen molar-refractivity contribution in [3.05, 3.63) is 91.0 Å². The van der Waals surface area contributed by atoms with E-state index in [2.05, 4.69) is 77.4 Å². The van der Waals surface area contributed by atoms with Crippen LogP contribution in [0.25, 0.3) is 39.2 Å². The Labute approximate surface area is 166 Å². The van der Waals surface area contributed by atoms with Gasteiger partial charge < -0.3 is 0 Å². The number of imidazole rings is 1. The number of nitrogens with zero attached hydrogens (tertiary/aromatic N) is 2. The van der Waals surface area contributed by atoms with Crippen molar-refractivity contribution >= 4 is 30.0 Å².